The third-order valence-corrected chi connectivity index (χ3v) is 2.71. The van der Waals surface area contributed by atoms with E-state index < -0.39 is 0 Å². The zero-order chi connectivity index (χ0) is 10.8. The molecule has 1 aromatic heterocycles. The quantitative estimate of drug-likeness (QED) is 0.802. The van der Waals surface area contributed by atoms with Gasteiger partial charge in [-0.2, -0.15) is 0 Å². The summed E-state index contributed by atoms with van der Waals surface area (Å²) in [5, 5.41) is 0. The minimum absolute atomic E-state index is 0.0285. The Balaban J connectivity index is 2.28. The lowest BCUT2D eigenvalue weighted by molar-refractivity contribution is 0.0500. The zero-order valence-corrected chi connectivity index (χ0v) is 9.12. The molecule has 1 aliphatic heterocycles. The molecule has 2 rings (SSSR count). The fourth-order valence-electron chi connectivity index (χ4n) is 1.87. The van der Waals surface area contributed by atoms with Crippen LogP contribution in [-0.2, 0) is 11.2 Å². The van der Waals surface area contributed by atoms with E-state index >= 15 is 0 Å². The second kappa shape index (κ2) is 4.14. The monoisotopic (exact) mass is 208 g/mol. The lowest BCUT2D eigenvalue weighted by Gasteiger charge is -2.10. The fraction of sp³-hybridized carbons (Fsp3) is 0.636. The Morgan fingerprint density at radius 3 is 3.00 bits per heavy atom. The average molecular weight is 208 g/mol. The van der Waals surface area contributed by atoms with Crippen molar-refractivity contribution < 1.29 is 4.74 Å². The Hall–Kier alpha value is -1.16. The molecule has 82 valence electrons. The predicted octanol–water partition coefficient (Wildman–Crippen LogP) is 1.57. The van der Waals surface area contributed by atoms with E-state index in [2.05, 4.69) is 9.97 Å². The largest absolute Gasteiger partial charge is 0.367 e. The van der Waals surface area contributed by atoms with Crippen LogP contribution in [0.3, 0.4) is 0 Å². The van der Waals surface area contributed by atoms with Crippen molar-refractivity contribution in [1.82, 2.24) is 9.97 Å². The summed E-state index contributed by atoms with van der Waals surface area (Å²) in [4.78, 5) is 18.5. The molecule has 1 aliphatic rings. The number of aryl methyl sites for hydroxylation is 1. The van der Waals surface area contributed by atoms with Crippen LogP contribution < -0.4 is 5.56 Å². The Morgan fingerprint density at radius 2 is 2.40 bits per heavy atom. The van der Waals surface area contributed by atoms with Gasteiger partial charge in [0.2, 0.25) is 0 Å². The maximum atomic E-state index is 11.4. The van der Waals surface area contributed by atoms with E-state index in [0.29, 0.717) is 5.82 Å². The molecule has 2 unspecified atom stereocenters. The number of hydrogen-bond acceptors (Lipinski definition) is 3. The van der Waals surface area contributed by atoms with E-state index in [1.807, 2.05) is 13.8 Å². The first kappa shape index (κ1) is 10.4. The molecule has 4 heteroatoms. The van der Waals surface area contributed by atoms with E-state index in [1.165, 1.54) is 0 Å². The molecule has 1 N–H and O–H groups in total. The summed E-state index contributed by atoms with van der Waals surface area (Å²) in [7, 11) is 0. The number of H-pyrrole nitrogens is 1. The fourth-order valence-corrected chi connectivity index (χ4v) is 1.87. The van der Waals surface area contributed by atoms with Gasteiger partial charge in [-0.25, -0.2) is 4.98 Å². The van der Waals surface area contributed by atoms with Crippen LogP contribution in [0.25, 0.3) is 0 Å². The number of nitrogens with zero attached hydrogens (tertiary/aromatic N) is 1. The van der Waals surface area contributed by atoms with Gasteiger partial charge >= 0.3 is 0 Å². The number of rotatable bonds is 2. The van der Waals surface area contributed by atoms with E-state index in [-0.39, 0.29) is 17.8 Å². The predicted molar refractivity (Wildman–Crippen MR) is 56.8 cm³/mol. The molecule has 2 atom stereocenters. The van der Waals surface area contributed by atoms with Crippen LogP contribution in [0.15, 0.2) is 10.9 Å². The summed E-state index contributed by atoms with van der Waals surface area (Å²) in [5.74, 6) is 0.684. The summed E-state index contributed by atoms with van der Waals surface area (Å²) in [6, 6.07) is 1.54. The molecule has 0 saturated carbocycles. The summed E-state index contributed by atoms with van der Waals surface area (Å²) in [6.07, 6.45) is 2.99. The van der Waals surface area contributed by atoms with Crippen molar-refractivity contribution in [3.63, 3.8) is 0 Å². The van der Waals surface area contributed by atoms with Gasteiger partial charge in [-0.15, -0.1) is 0 Å². The van der Waals surface area contributed by atoms with Crippen LogP contribution in [0, 0.1) is 0 Å². The van der Waals surface area contributed by atoms with Crippen molar-refractivity contribution in [2.24, 2.45) is 0 Å². The van der Waals surface area contributed by atoms with Crippen molar-refractivity contribution in [3.8, 4) is 0 Å². The maximum Gasteiger partial charge on any atom is 0.251 e. The van der Waals surface area contributed by atoms with E-state index in [4.69, 9.17) is 4.74 Å². The number of aromatic nitrogens is 2. The van der Waals surface area contributed by atoms with Crippen molar-refractivity contribution in [1.29, 1.82) is 0 Å². The maximum absolute atomic E-state index is 11.4. The average Bonchev–Trinajstić information content (AvgIpc) is 2.64. The Kier molecular flexibility index (Phi) is 2.86. The lowest BCUT2D eigenvalue weighted by atomic mass is 10.2. The number of hydrogen-bond donors (Lipinski definition) is 1. The van der Waals surface area contributed by atoms with Crippen molar-refractivity contribution in [2.45, 2.75) is 45.3 Å². The molecule has 0 aliphatic carbocycles. The van der Waals surface area contributed by atoms with Crippen LogP contribution in [-0.4, -0.2) is 16.1 Å². The Morgan fingerprint density at radius 1 is 1.60 bits per heavy atom. The molecule has 0 amide bonds. The highest BCUT2D eigenvalue weighted by molar-refractivity contribution is 5.05. The van der Waals surface area contributed by atoms with Gasteiger partial charge in [0.05, 0.1) is 6.10 Å². The van der Waals surface area contributed by atoms with Gasteiger partial charge in [0.1, 0.15) is 11.9 Å². The van der Waals surface area contributed by atoms with Gasteiger partial charge in [-0.1, -0.05) is 6.92 Å². The smallest absolute Gasteiger partial charge is 0.251 e. The van der Waals surface area contributed by atoms with Crippen molar-refractivity contribution in [3.05, 3.63) is 27.9 Å². The summed E-state index contributed by atoms with van der Waals surface area (Å²) >= 11 is 0. The highest BCUT2D eigenvalue weighted by Gasteiger charge is 2.25. The standard InChI is InChI=1S/C11H16N2O2/c1-3-8-6-10(14)13-11(12-8)9-5-4-7(2)15-9/h6-7,9H,3-5H2,1-2H3,(H,12,13,14). The summed E-state index contributed by atoms with van der Waals surface area (Å²) < 4.78 is 5.67. The number of ether oxygens (including phenoxy) is 1. The van der Waals surface area contributed by atoms with E-state index in [9.17, 15) is 4.79 Å². The molecular formula is C11H16N2O2. The lowest BCUT2D eigenvalue weighted by Crippen LogP contribution is -2.15. The highest BCUT2D eigenvalue weighted by atomic mass is 16.5. The normalized spacial score (nSPS) is 25.7. The van der Waals surface area contributed by atoms with Crippen molar-refractivity contribution >= 4 is 0 Å². The number of nitrogens with one attached hydrogen (secondary N) is 1. The molecule has 1 aromatic rings. The molecule has 0 radical (unpaired) electrons. The molecule has 4 nitrogen and oxygen atoms in total. The van der Waals surface area contributed by atoms with Crippen LogP contribution in [0.1, 0.15) is 44.3 Å². The van der Waals surface area contributed by atoms with Crippen LogP contribution in [0.2, 0.25) is 0 Å². The van der Waals surface area contributed by atoms with Gasteiger partial charge in [0.25, 0.3) is 5.56 Å². The zero-order valence-electron chi connectivity index (χ0n) is 9.12. The molecule has 2 heterocycles. The number of aromatic amines is 1. The van der Waals surface area contributed by atoms with Gasteiger partial charge in [-0.3, -0.25) is 4.79 Å². The first-order valence-electron chi connectivity index (χ1n) is 5.44. The summed E-state index contributed by atoms with van der Waals surface area (Å²) in [5.41, 5.74) is 0.747. The summed E-state index contributed by atoms with van der Waals surface area (Å²) in [6.45, 7) is 4.03. The SMILES string of the molecule is CCc1cc(=O)[nH]c(C2CCC(C)O2)n1. The molecule has 0 bridgehead atoms. The van der Waals surface area contributed by atoms with Crippen molar-refractivity contribution in [2.75, 3.05) is 0 Å². The first-order chi connectivity index (χ1) is 7.19. The molecule has 1 fully saturated rings. The minimum atomic E-state index is -0.0833. The second-order valence-corrected chi connectivity index (χ2v) is 3.99. The molecule has 1 saturated heterocycles. The van der Waals surface area contributed by atoms with Gasteiger partial charge in [-0.05, 0) is 26.2 Å². The Labute approximate surface area is 88.7 Å². The highest BCUT2D eigenvalue weighted by Crippen LogP contribution is 2.29. The Bertz CT molecular complexity index is 400. The topological polar surface area (TPSA) is 55.0 Å². The van der Waals surface area contributed by atoms with Crippen LogP contribution in [0.5, 0.6) is 0 Å². The molecule has 0 aromatic carbocycles. The third-order valence-electron chi connectivity index (χ3n) is 2.71. The van der Waals surface area contributed by atoms with E-state index in [1.54, 1.807) is 6.07 Å². The van der Waals surface area contributed by atoms with Gasteiger partial charge in [0, 0.05) is 11.8 Å². The second-order valence-electron chi connectivity index (χ2n) is 3.99. The molecule has 0 spiro atoms. The minimum Gasteiger partial charge on any atom is -0.367 e. The third kappa shape index (κ3) is 2.26. The molecular weight excluding hydrogens is 192 g/mol. The van der Waals surface area contributed by atoms with Crippen LogP contribution in [0.4, 0.5) is 0 Å². The van der Waals surface area contributed by atoms with Crippen LogP contribution >= 0.6 is 0 Å². The molecule has 15 heavy (non-hydrogen) atoms. The van der Waals surface area contributed by atoms with Gasteiger partial charge < -0.3 is 9.72 Å². The van der Waals surface area contributed by atoms with Gasteiger partial charge in [0.15, 0.2) is 0 Å². The first-order valence-corrected chi connectivity index (χ1v) is 5.44. The van der Waals surface area contributed by atoms with E-state index in [0.717, 1.165) is 25.0 Å².